The second-order valence-corrected chi connectivity index (χ2v) is 6.05. The minimum Gasteiger partial charge on any atom is -0.371 e. The lowest BCUT2D eigenvalue weighted by atomic mass is 10.0. The van der Waals surface area contributed by atoms with E-state index in [0.29, 0.717) is 6.04 Å². The third-order valence-corrected chi connectivity index (χ3v) is 4.64. The number of likely N-dealkylation sites (tertiary alicyclic amines) is 1. The molecule has 1 aliphatic heterocycles. The van der Waals surface area contributed by atoms with Crippen molar-refractivity contribution in [1.29, 1.82) is 0 Å². The van der Waals surface area contributed by atoms with Crippen LogP contribution in [0.15, 0.2) is 18.2 Å². The van der Waals surface area contributed by atoms with E-state index in [1.54, 1.807) is 0 Å². The fourth-order valence-electron chi connectivity index (χ4n) is 2.58. The van der Waals surface area contributed by atoms with Gasteiger partial charge >= 0.3 is 0 Å². The Morgan fingerprint density at radius 2 is 2.06 bits per heavy atom. The molecule has 18 heavy (non-hydrogen) atoms. The summed E-state index contributed by atoms with van der Waals surface area (Å²) >= 11 is 9.61. The molecule has 1 aromatic carbocycles. The van der Waals surface area contributed by atoms with Crippen molar-refractivity contribution in [3.63, 3.8) is 0 Å². The minimum absolute atomic E-state index is 0.639. The summed E-state index contributed by atoms with van der Waals surface area (Å²) in [5.74, 6) is 0. The first kappa shape index (κ1) is 14.2. The molecule has 0 saturated carbocycles. The summed E-state index contributed by atoms with van der Waals surface area (Å²) in [6.07, 6.45) is 2.47. The number of benzene rings is 1. The van der Waals surface area contributed by atoms with E-state index in [-0.39, 0.29) is 0 Å². The van der Waals surface area contributed by atoms with Gasteiger partial charge in [-0.05, 0) is 56.7 Å². The van der Waals surface area contributed by atoms with Gasteiger partial charge in [0.2, 0.25) is 0 Å². The normalized spacial score (nSPS) is 18.0. The second kappa shape index (κ2) is 6.27. The third-order valence-electron chi connectivity index (χ3n) is 3.80. The summed E-state index contributed by atoms with van der Waals surface area (Å²) in [4.78, 5) is 4.82. The van der Waals surface area contributed by atoms with E-state index in [4.69, 9.17) is 11.6 Å². The van der Waals surface area contributed by atoms with Gasteiger partial charge in [-0.1, -0.05) is 27.5 Å². The van der Waals surface area contributed by atoms with Crippen molar-refractivity contribution in [3.8, 4) is 0 Å². The Hall–Kier alpha value is -0.250. The number of hydrogen-bond donors (Lipinski definition) is 0. The quantitative estimate of drug-likeness (QED) is 0.778. The molecule has 0 bridgehead atoms. The highest BCUT2D eigenvalue weighted by atomic mass is 79.9. The van der Waals surface area contributed by atoms with Crippen molar-refractivity contribution in [2.75, 3.05) is 32.1 Å². The Kier molecular flexibility index (Phi) is 4.93. The number of anilines is 1. The number of piperidine rings is 1. The Morgan fingerprint density at radius 3 is 2.67 bits per heavy atom. The number of nitrogens with zero attached hydrogens (tertiary/aromatic N) is 2. The van der Waals surface area contributed by atoms with E-state index in [9.17, 15) is 0 Å². The molecule has 0 amide bonds. The van der Waals surface area contributed by atoms with Crippen molar-refractivity contribution in [2.45, 2.75) is 24.2 Å². The Bertz CT molecular complexity index is 403. The van der Waals surface area contributed by atoms with Crippen molar-refractivity contribution < 1.29 is 0 Å². The molecule has 0 unspecified atom stereocenters. The number of hydrogen-bond acceptors (Lipinski definition) is 2. The molecule has 0 aromatic heterocycles. The average Bonchev–Trinajstić information content (AvgIpc) is 2.38. The molecule has 1 heterocycles. The standard InChI is InChI=1S/C14H20BrClN2/c1-17-7-5-13(6-8-17)18(2)14-4-3-12(16)9-11(14)10-15/h3-4,9,13H,5-8,10H2,1-2H3. The van der Waals surface area contributed by atoms with E-state index in [0.717, 1.165) is 10.4 Å². The molecule has 0 atom stereocenters. The van der Waals surface area contributed by atoms with Crippen LogP contribution in [0.4, 0.5) is 5.69 Å². The smallest absolute Gasteiger partial charge is 0.0410 e. The maximum absolute atomic E-state index is 6.06. The molecule has 4 heteroatoms. The Morgan fingerprint density at radius 1 is 1.39 bits per heavy atom. The SMILES string of the molecule is CN1CCC(N(C)c2ccc(Cl)cc2CBr)CC1. The lowest BCUT2D eigenvalue weighted by molar-refractivity contribution is 0.253. The molecule has 100 valence electrons. The summed E-state index contributed by atoms with van der Waals surface area (Å²) in [7, 11) is 4.40. The summed E-state index contributed by atoms with van der Waals surface area (Å²) in [6.45, 7) is 2.37. The van der Waals surface area contributed by atoms with Crippen LogP contribution in [0.25, 0.3) is 0 Å². The minimum atomic E-state index is 0.639. The number of rotatable bonds is 3. The summed E-state index contributed by atoms with van der Waals surface area (Å²) < 4.78 is 0. The second-order valence-electron chi connectivity index (χ2n) is 5.05. The van der Waals surface area contributed by atoms with Crippen molar-refractivity contribution in [2.24, 2.45) is 0 Å². The van der Waals surface area contributed by atoms with Gasteiger partial charge in [0.15, 0.2) is 0 Å². The third kappa shape index (κ3) is 3.19. The molecule has 0 spiro atoms. The molecular formula is C14H20BrClN2. The van der Waals surface area contributed by atoms with E-state index >= 15 is 0 Å². The van der Waals surface area contributed by atoms with Gasteiger partial charge in [-0.25, -0.2) is 0 Å². The summed E-state index contributed by atoms with van der Waals surface area (Å²) in [5.41, 5.74) is 2.56. The first-order valence-corrected chi connectivity index (χ1v) is 7.87. The van der Waals surface area contributed by atoms with Gasteiger partial charge in [-0.3, -0.25) is 0 Å². The number of alkyl halides is 1. The van der Waals surface area contributed by atoms with Crippen LogP contribution in [0.2, 0.25) is 5.02 Å². The van der Waals surface area contributed by atoms with Gasteiger partial charge in [-0.2, -0.15) is 0 Å². The highest BCUT2D eigenvalue weighted by Crippen LogP contribution is 2.29. The van der Waals surface area contributed by atoms with Crippen LogP contribution < -0.4 is 4.90 Å². The molecule has 1 fully saturated rings. The van der Waals surface area contributed by atoms with Gasteiger partial charge in [0.1, 0.15) is 0 Å². The van der Waals surface area contributed by atoms with Gasteiger partial charge in [0.05, 0.1) is 0 Å². The molecule has 1 aromatic rings. The average molecular weight is 332 g/mol. The van der Waals surface area contributed by atoms with Crippen LogP contribution in [0.5, 0.6) is 0 Å². The van der Waals surface area contributed by atoms with Crippen molar-refractivity contribution >= 4 is 33.2 Å². The first-order chi connectivity index (χ1) is 8.61. The largest absolute Gasteiger partial charge is 0.371 e. The van der Waals surface area contributed by atoms with Crippen LogP contribution in [0.3, 0.4) is 0 Å². The van der Waals surface area contributed by atoms with E-state index in [2.05, 4.69) is 52.0 Å². The highest BCUT2D eigenvalue weighted by molar-refractivity contribution is 9.08. The van der Waals surface area contributed by atoms with Crippen LogP contribution in [0.1, 0.15) is 18.4 Å². The van der Waals surface area contributed by atoms with Gasteiger partial charge in [0.25, 0.3) is 0 Å². The summed E-state index contributed by atoms with van der Waals surface area (Å²) in [6, 6.07) is 6.81. The zero-order valence-electron chi connectivity index (χ0n) is 11.0. The predicted molar refractivity (Wildman–Crippen MR) is 83.0 cm³/mol. The van der Waals surface area contributed by atoms with Crippen molar-refractivity contribution in [1.82, 2.24) is 4.90 Å². The molecule has 0 radical (unpaired) electrons. The highest BCUT2D eigenvalue weighted by Gasteiger charge is 2.22. The van der Waals surface area contributed by atoms with Crippen LogP contribution in [-0.4, -0.2) is 38.1 Å². The maximum Gasteiger partial charge on any atom is 0.0410 e. The van der Waals surface area contributed by atoms with E-state index in [1.807, 2.05) is 6.07 Å². The first-order valence-electron chi connectivity index (χ1n) is 6.37. The number of halogens is 2. The fourth-order valence-corrected chi connectivity index (χ4v) is 3.23. The van der Waals surface area contributed by atoms with Gasteiger partial charge < -0.3 is 9.80 Å². The molecule has 1 aliphatic rings. The monoisotopic (exact) mass is 330 g/mol. The maximum atomic E-state index is 6.06. The molecule has 2 rings (SSSR count). The molecular weight excluding hydrogens is 312 g/mol. The zero-order valence-corrected chi connectivity index (χ0v) is 13.3. The molecule has 1 saturated heterocycles. The van der Waals surface area contributed by atoms with E-state index in [1.165, 1.54) is 37.2 Å². The van der Waals surface area contributed by atoms with Gasteiger partial charge in [0, 0.05) is 29.1 Å². The van der Waals surface area contributed by atoms with E-state index < -0.39 is 0 Å². The van der Waals surface area contributed by atoms with Crippen molar-refractivity contribution in [3.05, 3.63) is 28.8 Å². The van der Waals surface area contributed by atoms with Crippen LogP contribution in [0, 0.1) is 0 Å². The Labute approximate surface area is 123 Å². The fraction of sp³-hybridized carbons (Fsp3) is 0.571. The zero-order chi connectivity index (χ0) is 13.1. The van der Waals surface area contributed by atoms with Gasteiger partial charge in [-0.15, -0.1) is 0 Å². The van der Waals surface area contributed by atoms with Crippen LogP contribution >= 0.6 is 27.5 Å². The van der Waals surface area contributed by atoms with Crippen LogP contribution in [-0.2, 0) is 5.33 Å². The summed E-state index contributed by atoms with van der Waals surface area (Å²) in [5, 5.41) is 1.66. The molecule has 0 aliphatic carbocycles. The lowest BCUT2D eigenvalue weighted by Gasteiger charge is -2.37. The molecule has 2 nitrogen and oxygen atoms in total. The topological polar surface area (TPSA) is 6.48 Å². The Balaban J connectivity index is 2.15. The lowest BCUT2D eigenvalue weighted by Crippen LogP contribution is -2.42. The predicted octanol–water partition coefficient (Wildman–Crippen LogP) is 3.77. The molecule has 0 N–H and O–H groups in total.